The molecule has 2 aliphatic heterocycles. The van der Waals surface area contributed by atoms with Gasteiger partial charge in [0.15, 0.2) is 11.5 Å². The number of fused-ring (bicyclic) bond motifs is 2. The zero-order valence-electron chi connectivity index (χ0n) is 24.0. The number of hydrogen-bond donors (Lipinski definition) is 1. The highest BCUT2D eigenvalue weighted by Crippen LogP contribution is 2.54. The fourth-order valence-corrected chi connectivity index (χ4v) is 8.45. The Morgan fingerprint density at radius 3 is 2.33 bits per heavy atom. The highest BCUT2D eigenvalue weighted by atomic mass is 32.2. The second-order valence-electron chi connectivity index (χ2n) is 10.5. The number of aryl methyl sites for hydroxylation is 2. The summed E-state index contributed by atoms with van der Waals surface area (Å²) in [5.74, 6) is -1.46. The second kappa shape index (κ2) is 11.4. The van der Waals surface area contributed by atoms with Crippen LogP contribution in [0.4, 0.5) is 11.4 Å². The number of rotatable bonds is 7. The molecule has 1 aromatic heterocycles. The molecule has 11 heteroatoms. The molecule has 2 aliphatic rings. The van der Waals surface area contributed by atoms with Gasteiger partial charge in [-0.1, -0.05) is 59.0 Å². The van der Waals surface area contributed by atoms with E-state index in [4.69, 9.17) is 9.47 Å². The molecule has 1 fully saturated rings. The number of nitrogens with zero attached hydrogens (tertiary/aromatic N) is 2. The molecule has 0 bridgehead atoms. The van der Waals surface area contributed by atoms with E-state index in [0.29, 0.717) is 38.3 Å². The molecule has 9 nitrogen and oxygen atoms in total. The molecular weight excluding hydrogens is 587 g/mol. The summed E-state index contributed by atoms with van der Waals surface area (Å²) < 4.78 is 12.4. The van der Waals surface area contributed by atoms with Crippen LogP contribution in [-0.4, -0.2) is 41.8 Å². The molecule has 220 valence electrons. The first-order chi connectivity index (χ1) is 20.7. The van der Waals surface area contributed by atoms with Gasteiger partial charge in [0.05, 0.1) is 30.9 Å². The summed E-state index contributed by atoms with van der Waals surface area (Å²) in [6, 6.07) is 20.0. The maximum Gasteiger partial charge on any atom is 0.308 e. The lowest BCUT2D eigenvalue weighted by atomic mass is 9.83. The second-order valence-corrected chi connectivity index (χ2v) is 12.7. The molecule has 1 saturated heterocycles. The molecule has 4 aromatic rings. The van der Waals surface area contributed by atoms with Crippen LogP contribution in [0.25, 0.3) is 0 Å². The largest absolute Gasteiger partial charge is 0.493 e. The van der Waals surface area contributed by atoms with Crippen LogP contribution in [0.15, 0.2) is 76.6 Å². The SMILES string of the molecule is COc1ccc([C@H]2c3sc(=O)n(CC(=O)Nc4cccc(C)c4)c3SC3C(=O)N(c4ccc(C)cc4)C(=O)C32)cc1OC. The number of aromatic nitrogens is 1. The van der Waals surface area contributed by atoms with Crippen LogP contribution < -0.4 is 24.6 Å². The number of imide groups is 1. The molecular formula is C32H29N3O6S2. The van der Waals surface area contributed by atoms with Crippen molar-refractivity contribution in [3.63, 3.8) is 0 Å². The molecule has 0 spiro atoms. The van der Waals surface area contributed by atoms with Crippen LogP contribution in [0.2, 0.25) is 0 Å². The summed E-state index contributed by atoms with van der Waals surface area (Å²) in [5, 5.41) is 2.58. The molecule has 43 heavy (non-hydrogen) atoms. The van der Waals surface area contributed by atoms with Gasteiger partial charge in [0, 0.05) is 16.5 Å². The van der Waals surface area contributed by atoms with Crippen molar-refractivity contribution in [3.8, 4) is 11.5 Å². The number of anilines is 2. The number of hydrogen-bond acceptors (Lipinski definition) is 8. The molecule has 3 amide bonds. The van der Waals surface area contributed by atoms with Crippen LogP contribution in [0.5, 0.6) is 11.5 Å². The van der Waals surface area contributed by atoms with Crippen molar-refractivity contribution >= 4 is 52.2 Å². The first-order valence-electron chi connectivity index (χ1n) is 13.6. The Kier molecular flexibility index (Phi) is 7.61. The van der Waals surface area contributed by atoms with Crippen molar-refractivity contribution in [1.29, 1.82) is 0 Å². The number of methoxy groups -OCH3 is 2. The summed E-state index contributed by atoms with van der Waals surface area (Å²) in [4.78, 5) is 56.1. The van der Waals surface area contributed by atoms with E-state index in [2.05, 4.69) is 5.32 Å². The van der Waals surface area contributed by atoms with E-state index in [0.717, 1.165) is 22.5 Å². The van der Waals surface area contributed by atoms with E-state index < -0.39 is 17.1 Å². The van der Waals surface area contributed by atoms with Gasteiger partial charge >= 0.3 is 4.87 Å². The standard InChI is InChI=1S/C32H29N3O6S2/c1-17-8-11-21(12-9-17)35-29(37)26-25(19-10-13-22(40-3)23(15-19)41-4)28-31(42-27(26)30(35)38)34(32(39)43-28)16-24(36)33-20-7-5-6-18(2)14-20/h5-15,25-27H,16H2,1-4H3,(H,33,36)/t25-,26?,27?/m1/s1. The van der Waals surface area contributed by atoms with Crippen LogP contribution in [-0.2, 0) is 20.9 Å². The highest BCUT2D eigenvalue weighted by molar-refractivity contribution is 8.00. The van der Waals surface area contributed by atoms with Crippen LogP contribution in [0.1, 0.15) is 27.5 Å². The van der Waals surface area contributed by atoms with Gasteiger partial charge in [-0.3, -0.25) is 23.7 Å². The Labute approximate surface area is 256 Å². The van der Waals surface area contributed by atoms with Crippen LogP contribution in [0.3, 0.4) is 0 Å². The third-order valence-electron chi connectivity index (χ3n) is 7.71. The molecule has 1 N–H and O–H groups in total. The predicted molar refractivity (Wildman–Crippen MR) is 167 cm³/mol. The van der Waals surface area contributed by atoms with E-state index in [1.807, 2.05) is 50.2 Å². The van der Waals surface area contributed by atoms with Crippen molar-refractivity contribution in [2.24, 2.45) is 5.92 Å². The Morgan fingerprint density at radius 2 is 1.63 bits per heavy atom. The fourth-order valence-electron chi connectivity index (χ4n) is 5.68. The van der Waals surface area contributed by atoms with E-state index in [-0.39, 0.29) is 29.1 Å². The summed E-state index contributed by atoms with van der Waals surface area (Å²) in [6.07, 6.45) is 0. The minimum atomic E-state index is -0.792. The van der Waals surface area contributed by atoms with Crippen molar-refractivity contribution in [2.75, 3.05) is 24.4 Å². The number of thioether (sulfide) groups is 1. The molecule has 0 saturated carbocycles. The number of amides is 3. The van der Waals surface area contributed by atoms with Crippen LogP contribution in [0, 0.1) is 19.8 Å². The Bertz CT molecular complexity index is 1810. The van der Waals surface area contributed by atoms with Gasteiger partial charge in [-0.2, -0.15) is 0 Å². The Balaban J connectivity index is 1.44. The molecule has 3 atom stereocenters. The lowest BCUT2D eigenvalue weighted by molar-refractivity contribution is -0.122. The third-order valence-corrected chi connectivity index (χ3v) is 10.3. The van der Waals surface area contributed by atoms with E-state index >= 15 is 0 Å². The normalized spacial score (nSPS) is 19.2. The van der Waals surface area contributed by atoms with Gasteiger partial charge in [0.25, 0.3) is 0 Å². The lowest BCUT2D eigenvalue weighted by Crippen LogP contribution is -2.33. The number of carbonyl (C=O) groups is 3. The highest BCUT2D eigenvalue weighted by Gasteiger charge is 2.57. The van der Waals surface area contributed by atoms with Crippen molar-refractivity contribution in [1.82, 2.24) is 4.57 Å². The first kappa shape index (κ1) is 28.8. The minimum Gasteiger partial charge on any atom is -0.493 e. The molecule has 3 heterocycles. The molecule has 0 aliphatic carbocycles. The monoisotopic (exact) mass is 615 g/mol. The zero-order valence-corrected chi connectivity index (χ0v) is 25.6. The number of thiazole rings is 1. The number of carbonyl (C=O) groups excluding carboxylic acids is 3. The molecule has 2 unspecified atom stereocenters. The van der Waals surface area contributed by atoms with Crippen molar-refractivity contribution in [3.05, 3.63) is 98.0 Å². The zero-order chi connectivity index (χ0) is 30.4. The van der Waals surface area contributed by atoms with E-state index in [9.17, 15) is 19.2 Å². The average Bonchev–Trinajstić information content (AvgIpc) is 3.43. The van der Waals surface area contributed by atoms with Gasteiger partial charge < -0.3 is 14.8 Å². The summed E-state index contributed by atoms with van der Waals surface area (Å²) in [7, 11) is 3.06. The topological polar surface area (TPSA) is 107 Å². The van der Waals surface area contributed by atoms with Gasteiger partial charge in [0.1, 0.15) is 11.8 Å². The lowest BCUT2D eigenvalue weighted by Gasteiger charge is -2.31. The quantitative estimate of drug-likeness (QED) is 0.293. The first-order valence-corrected chi connectivity index (χ1v) is 15.3. The Morgan fingerprint density at radius 1 is 0.884 bits per heavy atom. The van der Waals surface area contributed by atoms with Crippen molar-refractivity contribution < 1.29 is 23.9 Å². The minimum absolute atomic E-state index is 0.231. The smallest absolute Gasteiger partial charge is 0.308 e. The molecule has 3 aromatic carbocycles. The number of benzene rings is 3. The summed E-state index contributed by atoms with van der Waals surface area (Å²) >= 11 is 2.18. The maximum atomic E-state index is 14.1. The van der Waals surface area contributed by atoms with Crippen LogP contribution >= 0.6 is 23.1 Å². The van der Waals surface area contributed by atoms with Gasteiger partial charge in [0.2, 0.25) is 17.7 Å². The third kappa shape index (κ3) is 5.12. The molecule has 0 radical (unpaired) electrons. The van der Waals surface area contributed by atoms with Gasteiger partial charge in [-0.15, -0.1) is 0 Å². The van der Waals surface area contributed by atoms with Crippen molar-refractivity contribution in [2.45, 2.75) is 36.6 Å². The number of ether oxygens (including phenoxy) is 2. The summed E-state index contributed by atoms with van der Waals surface area (Å²) in [6.45, 7) is 3.63. The van der Waals surface area contributed by atoms with Gasteiger partial charge in [-0.05, 0) is 61.4 Å². The predicted octanol–water partition coefficient (Wildman–Crippen LogP) is 4.98. The fraction of sp³-hybridized carbons (Fsp3) is 0.250. The molecule has 6 rings (SSSR count). The maximum absolute atomic E-state index is 14.1. The van der Waals surface area contributed by atoms with E-state index in [1.54, 1.807) is 30.3 Å². The summed E-state index contributed by atoms with van der Waals surface area (Å²) in [5.41, 5.74) is 3.83. The van der Waals surface area contributed by atoms with E-state index in [1.165, 1.54) is 35.4 Å². The number of nitrogens with one attached hydrogen (secondary N) is 1. The average molecular weight is 616 g/mol. The Hall–Kier alpha value is -4.35. The van der Waals surface area contributed by atoms with Gasteiger partial charge in [-0.25, -0.2) is 4.90 Å².